The van der Waals surface area contributed by atoms with Crippen LogP contribution in [-0.2, 0) is 6.18 Å². The van der Waals surface area contributed by atoms with E-state index in [0.717, 1.165) is 17.7 Å². The number of nitrogens with zero attached hydrogens (tertiary/aromatic N) is 4. The van der Waals surface area contributed by atoms with Crippen molar-refractivity contribution in [3.8, 4) is 5.69 Å². The van der Waals surface area contributed by atoms with Gasteiger partial charge in [0.2, 0.25) is 0 Å². The lowest BCUT2D eigenvalue weighted by Gasteiger charge is -2.15. The van der Waals surface area contributed by atoms with Crippen LogP contribution >= 0.6 is 11.3 Å². The fourth-order valence-electron chi connectivity index (χ4n) is 3.63. The quantitative estimate of drug-likeness (QED) is 0.277. The van der Waals surface area contributed by atoms with Gasteiger partial charge in [0.05, 0.1) is 27.7 Å². The van der Waals surface area contributed by atoms with Gasteiger partial charge >= 0.3 is 6.18 Å². The van der Waals surface area contributed by atoms with Crippen LogP contribution in [0.2, 0.25) is 0 Å². The lowest BCUT2D eigenvalue weighted by atomic mass is 10.1. The molecule has 0 atom stereocenters. The average molecular weight is 510 g/mol. The maximum Gasteiger partial charge on any atom is 0.416 e. The maximum atomic E-state index is 13.5. The second-order valence-corrected chi connectivity index (χ2v) is 8.81. The molecule has 0 aliphatic carbocycles. The number of nitrogens with two attached hydrogens (primary N) is 1. The number of halogens is 3. The number of carbonyl (C=O) groups is 1. The first-order chi connectivity index (χ1) is 17.2. The molecule has 4 N–H and O–H groups in total. The highest BCUT2D eigenvalue weighted by Gasteiger charge is 2.31. The highest BCUT2D eigenvalue weighted by molar-refractivity contribution is 7.18. The van der Waals surface area contributed by atoms with Crippen molar-refractivity contribution in [2.75, 3.05) is 16.4 Å². The third-order valence-corrected chi connectivity index (χ3v) is 6.44. The Labute approximate surface area is 206 Å². The molecule has 36 heavy (non-hydrogen) atoms. The number of alkyl halides is 3. The van der Waals surface area contributed by atoms with Gasteiger partial charge in [0.1, 0.15) is 12.1 Å². The summed E-state index contributed by atoms with van der Waals surface area (Å²) in [4.78, 5) is 25.0. The van der Waals surface area contributed by atoms with Gasteiger partial charge in [0.15, 0.2) is 0 Å². The van der Waals surface area contributed by atoms with E-state index in [9.17, 15) is 18.0 Å². The van der Waals surface area contributed by atoms with Crippen LogP contribution < -0.4 is 16.4 Å². The minimum Gasteiger partial charge on any atom is -0.382 e. The topological polar surface area (TPSA) is 111 Å². The van der Waals surface area contributed by atoms with Crippen LogP contribution in [0.5, 0.6) is 0 Å². The van der Waals surface area contributed by atoms with Gasteiger partial charge in [-0.2, -0.15) is 13.2 Å². The summed E-state index contributed by atoms with van der Waals surface area (Å²) in [5.41, 5.74) is 8.15. The van der Waals surface area contributed by atoms with E-state index in [1.54, 1.807) is 35.8 Å². The predicted octanol–water partition coefficient (Wildman–Crippen LogP) is 5.78. The summed E-state index contributed by atoms with van der Waals surface area (Å²) >= 11 is 1.27. The molecule has 5 aromatic rings. The number of carbonyl (C=O) groups excluding carboxylic acids is 1. The summed E-state index contributed by atoms with van der Waals surface area (Å²) in [5.74, 6) is -0.0939. The zero-order valence-electron chi connectivity index (χ0n) is 18.7. The molecular weight excluding hydrogens is 491 g/mol. The first-order valence-electron chi connectivity index (χ1n) is 10.6. The number of rotatable bonds is 5. The lowest BCUT2D eigenvalue weighted by molar-refractivity contribution is -0.137. The number of nitrogen functional groups attached to an aromatic ring is 1. The van der Waals surface area contributed by atoms with E-state index in [-0.39, 0.29) is 11.6 Å². The highest BCUT2D eigenvalue weighted by Crippen LogP contribution is 2.34. The molecule has 3 aromatic heterocycles. The van der Waals surface area contributed by atoms with Crippen LogP contribution in [0.4, 0.5) is 36.1 Å². The molecule has 0 spiro atoms. The Kier molecular flexibility index (Phi) is 5.80. The summed E-state index contributed by atoms with van der Waals surface area (Å²) in [5, 5.41) is 7.52. The number of hydrogen-bond acceptors (Lipinski definition) is 7. The van der Waals surface area contributed by atoms with Crippen molar-refractivity contribution in [3.05, 3.63) is 83.5 Å². The summed E-state index contributed by atoms with van der Waals surface area (Å²) < 4.78 is 42.7. The summed E-state index contributed by atoms with van der Waals surface area (Å²) in [6.07, 6.45) is 1.23. The Morgan fingerprint density at radius 1 is 1.11 bits per heavy atom. The molecule has 0 radical (unpaired) electrons. The number of nitrogens with one attached hydrogen (secondary N) is 2. The van der Waals surface area contributed by atoms with E-state index in [0.29, 0.717) is 38.7 Å². The molecule has 3 heterocycles. The van der Waals surface area contributed by atoms with E-state index in [1.165, 1.54) is 34.8 Å². The molecule has 0 unspecified atom stereocenters. The van der Waals surface area contributed by atoms with E-state index < -0.39 is 11.7 Å². The van der Waals surface area contributed by atoms with Crippen molar-refractivity contribution in [1.29, 1.82) is 0 Å². The first-order valence-corrected chi connectivity index (χ1v) is 11.4. The zero-order valence-corrected chi connectivity index (χ0v) is 19.5. The van der Waals surface area contributed by atoms with Crippen LogP contribution in [0.15, 0.2) is 66.8 Å². The van der Waals surface area contributed by atoms with Gasteiger partial charge in [-0.1, -0.05) is 6.07 Å². The van der Waals surface area contributed by atoms with Crippen molar-refractivity contribution in [3.63, 3.8) is 0 Å². The van der Waals surface area contributed by atoms with Crippen LogP contribution in [0.25, 0.3) is 15.9 Å². The number of imidazole rings is 1. The van der Waals surface area contributed by atoms with Crippen LogP contribution in [0, 0.1) is 6.92 Å². The monoisotopic (exact) mass is 509 g/mol. The number of hydrogen-bond donors (Lipinski definition) is 3. The number of benzene rings is 2. The molecule has 0 fully saturated rings. The third-order valence-electron chi connectivity index (χ3n) is 5.45. The van der Waals surface area contributed by atoms with E-state index >= 15 is 0 Å². The van der Waals surface area contributed by atoms with Crippen molar-refractivity contribution < 1.29 is 18.0 Å². The van der Waals surface area contributed by atoms with Gasteiger partial charge < -0.3 is 20.9 Å². The molecule has 12 heteroatoms. The number of aryl methyl sites for hydroxylation is 1. The number of thiophene rings is 1. The number of amides is 1. The van der Waals surface area contributed by atoms with Crippen molar-refractivity contribution in [1.82, 2.24) is 19.5 Å². The van der Waals surface area contributed by atoms with E-state index in [2.05, 4.69) is 25.6 Å². The van der Waals surface area contributed by atoms with Gasteiger partial charge in [-0.15, -0.1) is 11.3 Å². The second kappa shape index (κ2) is 8.96. The van der Waals surface area contributed by atoms with Crippen molar-refractivity contribution in [2.45, 2.75) is 13.1 Å². The number of anilines is 4. The van der Waals surface area contributed by atoms with Crippen molar-refractivity contribution in [2.24, 2.45) is 0 Å². The van der Waals surface area contributed by atoms with Gasteiger partial charge in [0.25, 0.3) is 5.91 Å². The molecule has 0 aliphatic rings. The highest BCUT2D eigenvalue weighted by atomic mass is 32.1. The second-order valence-electron chi connectivity index (χ2n) is 7.93. The lowest BCUT2D eigenvalue weighted by Crippen LogP contribution is -2.13. The van der Waals surface area contributed by atoms with E-state index in [1.807, 2.05) is 6.92 Å². The minimum atomic E-state index is -4.53. The predicted molar refractivity (Wildman–Crippen MR) is 133 cm³/mol. The van der Waals surface area contributed by atoms with Gasteiger partial charge in [0, 0.05) is 40.5 Å². The summed E-state index contributed by atoms with van der Waals surface area (Å²) in [6, 6.07) is 8.79. The smallest absolute Gasteiger partial charge is 0.382 e. The molecule has 0 saturated heterocycles. The number of fused-ring (bicyclic) bond motifs is 1. The molecular formula is C24H18F3N7OS. The van der Waals surface area contributed by atoms with Crippen molar-refractivity contribution >= 4 is 50.3 Å². The first kappa shape index (κ1) is 23.3. The Balaban J connectivity index is 1.44. The Morgan fingerprint density at radius 2 is 1.94 bits per heavy atom. The fourth-order valence-corrected chi connectivity index (χ4v) is 4.53. The Morgan fingerprint density at radius 3 is 2.69 bits per heavy atom. The van der Waals surface area contributed by atoms with Crippen LogP contribution in [-0.4, -0.2) is 25.4 Å². The van der Waals surface area contributed by atoms with Gasteiger partial charge in [-0.3, -0.25) is 4.79 Å². The van der Waals surface area contributed by atoms with Gasteiger partial charge in [-0.25, -0.2) is 15.0 Å². The Hall–Kier alpha value is -4.45. The molecule has 182 valence electrons. The SMILES string of the molecule is Cc1ccc(Nc2cc(-n3ccnc3)cc(C(F)(F)F)c2)cc1NC(=O)c1csc2c(N)ncnc12. The molecule has 0 aliphatic heterocycles. The third kappa shape index (κ3) is 4.58. The average Bonchev–Trinajstić information content (AvgIpc) is 3.51. The van der Waals surface area contributed by atoms with Crippen LogP contribution in [0.3, 0.4) is 0 Å². The minimum absolute atomic E-state index is 0.227. The molecule has 0 bridgehead atoms. The van der Waals surface area contributed by atoms with Crippen LogP contribution in [0.1, 0.15) is 21.5 Å². The van der Waals surface area contributed by atoms with E-state index in [4.69, 9.17) is 5.73 Å². The molecule has 8 nitrogen and oxygen atoms in total. The Bertz CT molecular complexity index is 1580. The zero-order chi connectivity index (χ0) is 25.4. The molecule has 1 amide bonds. The molecule has 5 rings (SSSR count). The molecule has 2 aromatic carbocycles. The number of aromatic nitrogens is 4. The fraction of sp³-hybridized carbons (Fsp3) is 0.0833. The molecule has 0 saturated carbocycles. The summed E-state index contributed by atoms with van der Waals surface area (Å²) in [6.45, 7) is 1.81. The largest absolute Gasteiger partial charge is 0.416 e. The van der Waals surface area contributed by atoms with Gasteiger partial charge in [-0.05, 0) is 42.8 Å². The standard InChI is InChI=1S/C24H18F3N7OS/c1-13-2-3-15(9-19(13)33-23(35)18-10-36-21-20(18)30-11-31-22(21)28)32-16-6-14(24(25,26)27)7-17(8-16)34-5-4-29-12-34/h2-12,32H,1H3,(H,33,35)(H2,28,30,31). The summed E-state index contributed by atoms with van der Waals surface area (Å²) in [7, 11) is 0. The maximum absolute atomic E-state index is 13.5. The normalized spacial score (nSPS) is 11.6.